The molecule has 0 bridgehead atoms. The van der Waals surface area contributed by atoms with Crippen molar-refractivity contribution in [3.8, 4) is 0 Å². The maximum atomic E-state index is 4.38. The average Bonchev–Trinajstić information content (AvgIpc) is 2.95. The maximum Gasteiger partial charge on any atom is 0.0521 e. The molecule has 21 heavy (non-hydrogen) atoms. The van der Waals surface area contributed by atoms with Crippen LogP contribution in [0.1, 0.15) is 37.3 Å². The van der Waals surface area contributed by atoms with Gasteiger partial charge in [-0.25, -0.2) is 0 Å². The molecule has 1 aromatic carbocycles. The minimum absolute atomic E-state index is 0.485. The summed E-state index contributed by atoms with van der Waals surface area (Å²) in [6, 6.07) is 8.68. The molecular weight excluding hydrogens is 326 g/mol. The van der Waals surface area contributed by atoms with Crippen molar-refractivity contribution in [1.29, 1.82) is 0 Å². The monoisotopic (exact) mass is 349 g/mol. The largest absolute Gasteiger partial charge is 0.316 e. The van der Waals surface area contributed by atoms with Gasteiger partial charge in [-0.15, -0.1) is 0 Å². The van der Waals surface area contributed by atoms with Crippen molar-refractivity contribution >= 4 is 15.9 Å². The summed E-state index contributed by atoms with van der Waals surface area (Å²) < 4.78 is 3.12. The number of rotatable bonds is 8. The predicted octanol–water partition coefficient (Wildman–Crippen LogP) is 3.99. The Morgan fingerprint density at radius 2 is 2.00 bits per heavy atom. The highest BCUT2D eigenvalue weighted by Gasteiger charge is 2.13. The molecule has 3 nitrogen and oxygen atoms in total. The molecule has 0 aliphatic carbocycles. The molecule has 0 saturated carbocycles. The molecular formula is C17H24BrN3. The number of hydrogen-bond acceptors (Lipinski definition) is 2. The smallest absolute Gasteiger partial charge is 0.0521 e. The van der Waals surface area contributed by atoms with E-state index in [1.54, 1.807) is 0 Å². The van der Waals surface area contributed by atoms with Crippen LogP contribution in [-0.2, 0) is 13.0 Å². The minimum Gasteiger partial charge on any atom is -0.316 e. The Hall–Kier alpha value is -1.13. The Labute approximate surface area is 135 Å². The molecule has 1 atom stereocenters. The summed E-state index contributed by atoms with van der Waals surface area (Å²) in [5.41, 5.74) is 2.69. The van der Waals surface area contributed by atoms with Gasteiger partial charge >= 0.3 is 0 Å². The van der Waals surface area contributed by atoms with E-state index in [-0.39, 0.29) is 0 Å². The summed E-state index contributed by atoms with van der Waals surface area (Å²) in [4.78, 5) is 0. The quantitative estimate of drug-likeness (QED) is 0.730. The third-order valence-electron chi connectivity index (χ3n) is 3.65. The fourth-order valence-corrected chi connectivity index (χ4v) is 2.73. The lowest BCUT2D eigenvalue weighted by molar-refractivity contribution is 0.576. The second-order valence-corrected chi connectivity index (χ2v) is 6.28. The van der Waals surface area contributed by atoms with Crippen molar-refractivity contribution < 1.29 is 0 Å². The van der Waals surface area contributed by atoms with Crippen LogP contribution in [-0.4, -0.2) is 22.9 Å². The van der Waals surface area contributed by atoms with Crippen LogP contribution in [0.4, 0.5) is 0 Å². The van der Waals surface area contributed by atoms with Crippen LogP contribution in [0.3, 0.4) is 0 Å². The molecule has 4 heteroatoms. The van der Waals surface area contributed by atoms with E-state index in [0.29, 0.717) is 5.92 Å². The van der Waals surface area contributed by atoms with Crippen LogP contribution in [0, 0.1) is 0 Å². The van der Waals surface area contributed by atoms with Gasteiger partial charge in [0.25, 0.3) is 0 Å². The molecule has 1 aromatic heterocycles. The summed E-state index contributed by atoms with van der Waals surface area (Å²) in [5.74, 6) is 0.485. The Bertz CT molecular complexity index is 533. The summed E-state index contributed by atoms with van der Waals surface area (Å²) in [6.45, 7) is 7.32. The summed E-state index contributed by atoms with van der Waals surface area (Å²) in [5, 5.41) is 7.93. The first kappa shape index (κ1) is 16.2. The number of aryl methyl sites for hydroxylation is 1. The van der Waals surface area contributed by atoms with Crippen molar-refractivity contribution in [2.45, 2.75) is 39.2 Å². The maximum absolute atomic E-state index is 4.38. The van der Waals surface area contributed by atoms with Gasteiger partial charge in [-0.3, -0.25) is 4.68 Å². The highest BCUT2D eigenvalue weighted by Crippen LogP contribution is 2.22. The summed E-state index contributed by atoms with van der Waals surface area (Å²) in [6.07, 6.45) is 6.35. The van der Waals surface area contributed by atoms with E-state index in [2.05, 4.69) is 70.7 Å². The summed E-state index contributed by atoms with van der Waals surface area (Å²) >= 11 is 3.51. The van der Waals surface area contributed by atoms with Gasteiger partial charge in [0, 0.05) is 29.7 Å². The Balaban J connectivity index is 2.09. The third-order valence-corrected chi connectivity index (χ3v) is 4.18. The number of benzene rings is 1. The lowest BCUT2D eigenvalue weighted by Gasteiger charge is -2.17. The molecule has 0 aliphatic rings. The van der Waals surface area contributed by atoms with Gasteiger partial charge in [0.05, 0.1) is 6.20 Å². The molecule has 1 heterocycles. The van der Waals surface area contributed by atoms with E-state index in [4.69, 9.17) is 0 Å². The number of halogens is 1. The van der Waals surface area contributed by atoms with Gasteiger partial charge in [-0.2, -0.15) is 5.10 Å². The first-order valence-corrected chi connectivity index (χ1v) is 8.49. The highest BCUT2D eigenvalue weighted by atomic mass is 79.9. The number of nitrogens with zero attached hydrogens (tertiary/aromatic N) is 2. The molecule has 0 amide bonds. The van der Waals surface area contributed by atoms with E-state index in [9.17, 15) is 0 Å². The van der Waals surface area contributed by atoms with Gasteiger partial charge < -0.3 is 5.32 Å². The van der Waals surface area contributed by atoms with Gasteiger partial charge in [0.2, 0.25) is 0 Å². The van der Waals surface area contributed by atoms with Crippen LogP contribution in [0.2, 0.25) is 0 Å². The Morgan fingerprint density at radius 1 is 1.24 bits per heavy atom. The summed E-state index contributed by atoms with van der Waals surface area (Å²) in [7, 11) is 0. The van der Waals surface area contributed by atoms with Gasteiger partial charge in [-0.1, -0.05) is 35.0 Å². The van der Waals surface area contributed by atoms with Crippen molar-refractivity contribution in [3.63, 3.8) is 0 Å². The SMILES string of the molecule is CCCNCC(Cc1cnn(CC)c1)c1ccc(Br)cc1. The molecule has 1 N–H and O–H groups in total. The number of hydrogen-bond donors (Lipinski definition) is 1. The highest BCUT2D eigenvalue weighted by molar-refractivity contribution is 9.10. The molecule has 0 aliphatic heterocycles. The fraction of sp³-hybridized carbons (Fsp3) is 0.471. The third kappa shape index (κ3) is 4.97. The number of aromatic nitrogens is 2. The predicted molar refractivity (Wildman–Crippen MR) is 91.6 cm³/mol. The van der Waals surface area contributed by atoms with Crippen LogP contribution >= 0.6 is 15.9 Å². The van der Waals surface area contributed by atoms with E-state index < -0.39 is 0 Å². The van der Waals surface area contributed by atoms with E-state index in [1.165, 1.54) is 17.5 Å². The van der Waals surface area contributed by atoms with Gasteiger partial charge in [0.15, 0.2) is 0 Å². The van der Waals surface area contributed by atoms with Crippen LogP contribution < -0.4 is 5.32 Å². The number of nitrogens with one attached hydrogen (secondary N) is 1. The first-order valence-electron chi connectivity index (χ1n) is 7.70. The van der Waals surface area contributed by atoms with Crippen LogP contribution in [0.15, 0.2) is 41.1 Å². The molecule has 1 unspecified atom stereocenters. The zero-order valence-corrected chi connectivity index (χ0v) is 14.4. The van der Waals surface area contributed by atoms with Gasteiger partial charge in [-0.05, 0) is 49.6 Å². The van der Waals surface area contributed by atoms with E-state index in [1.807, 2.05) is 10.9 Å². The molecule has 0 fully saturated rings. The van der Waals surface area contributed by atoms with E-state index >= 15 is 0 Å². The zero-order chi connectivity index (χ0) is 15.1. The molecule has 0 radical (unpaired) electrons. The Kier molecular flexibility index (Phi) is 6.46. The topological polar surface area (TPSA) is 29.9 Å². The van der Waals surface area contributed by atoms with Crippen LogP contribution in [0.25, 0.3) is 0 Å². The Morgan fingerprint density at radius 3 is 2.62 bits per heavy atom. The average molecular weight is 350 g/mol. The second kappa shape index (κ2) is 8.35. The van der Waals surface area contributed by atoms with Crippen molar-refractivity contribution in [2.75, 3.05) is 13.1 Å². The van der Waals surface area contributed by atoms with Gasteiger partial charge in [0.1, 0.15) is 0 Å². The minimum atomic E-state index is 0.485. The lowest BCUT2D eigenvalue weighted by atomic mass is 9.93. The molecule has 0 saturated heterocycles. The normalized spacial score (nSPS) is 12.5. The first-order chi connectivity index (χ1) is 10.2. The second-order valence-electron chi connectivity index (χ2n) is 5.36. The molecule has 2 rings (SSSR count). The van der Waals surface area contributed by atoms with Crippen molar-refractivity contribution in [3.05, 3.63) is 52.3 Å². The van der Waals surface area contributed by atoms with E-state index in [0.717, 1.165) is 30.5 Å². The molecule has 0 spiro atoms. The molecule has 2 aromatic rings. The lowest BCUT2D eigenvalue weighted by Crippen LogP contribution is -2.23. The molecule has 114 valence electrons. The van der Waals surface area contributed by atoms with Crippen molar-refractivity contribution in [1.82, 2.24) is 15.1 Å². The van der Waals surface area contributed by atoms with Crippen molar-refractivity contribution in [2.24, 2.45) is 0 Å². The van der Waals surface area contributed by atoms with Crippen LogP contribution in [0.5, 0.6) is 0 Å². The standard InChI is InChI=1S/C17H24BrN3/c1-3-9-19-12-16(15-5-7-17(18)8-6-15)10-14-11-20-21(4-2)13-14/h5-8,11,13,16,19H,3-4,9-10,12H2,1-2H3. The zero-order valence-electron chi connectivity index (χ0n) is 12.8. The fourth-order valence-electron chi connectivity index (χ4n) is 2.47.